The number of carbonyl (C=O) groups is 1. The van der Waals surface area contributed by atoms with Crippen LogP contribution in [0.5, 0.6) is 5.75 Å². The number of nitrogens with one attached hydrogen (secondary N) is 1. The molecular weight excluding hydrogens is 400 g/mol. The van der Waals surface area contributed by atoms with Crippen molar-refractivity contribution in [2.45, 2.75) is 4.90 Å². The zero-order valence-electron chi connectivity index (χ0n) is 13.4. The van der Waals surface area contributed by atoms with Gasteiger partial charge in [-0.05, 0) is 24.3 Å². The van der Waals surface area contributed by atoms with Gasteiger partial charge in [-0.1, -0.05) is 11.6 Å². The molecule has 2 N–H and O–H groups in total. The number of nitro groups is 2. The van der Waals surface area contributed by atoms with Gasteiger partial charge in [0.25, 0.3) is 5.69 Å². The second kappa shape index (κ2) is 8.96. The lowest BCUT2D eigenvalue weighted by Gasteiger charge is -2.02. The number of benzene rings is 2. The molecule has 2 aromatic carbocycles. The van der Waals surface area contributed by atoms with E-state index in [0.29, 0.717) is 11.1 Å². The van der Waals surface area contributed by atoms with Crippen LogP contribution in [0.25, 0.3) is 0 Å². The Bertz CT molecular complexity index is 919. The summed E-state index contributed by atoms with van der Waals surface area (Å²) in [4.78, 5) is 32.5. The molecule has 12 heteroatoms. The minimum absolute atomic E-state index is 0.0278. The first-order chi connectivity index (χ1) is 12.8. The molecule has 0 aliphatic carbocycles. The van der Waals surface area contributed by atoms with Crippen LogP contribution >= 0.6 is 23.4 Å². The molecule has 0 aliphatic rings. The van der Waals surface area contributed by atoms with Gasteiger partial charge in [-0.3, -0.25) is 25.0 Å². The predicted octanol–water partition coefficient (Wildman–Crippen LogP) is 3.10. The van der Waals surface area contributed by atoms with Gasteiger partial charge in [-0.2, -0.15) is 5.10 Å². The Morgan fingerprint density at radius 1 is 1.22 bits per heavy atom. The van der Waals surface area contributed by atoms with Crippen LogP contribution in [0.2, 0.25) is 5.02 Å². The molecule has 2 aromatic rings. The van der Waals surface area contributed by atoms with Crippen molar-refractivity contribution >= 4 is 46.9 Å². The molecule has 0 aliphatic heterocycles. The van der Waals surface area contributed by atoms with Crippen LogP contribution in [-0.4, -0.2) is 32.8 Å². The Kier molecular flexibility index (Phi) is 6.68. The lowest BCUT2D eigenvalue weighted by atomic mass is 10.1. The van der Waals surface area contributed by atoms with Gasteiger partial charge in [0.2, 0.25) is 11.7 Å². The molecule has 0 spiro atoms. The average molecular weight is 411 g/mol. The summed E-state index contributed by atoms with van der Waals surface area (Å²) in [5.74, 6) is -1.25. The molecule has 0 unspecified atom stereocenters. The zero-order chi connectivity index (χ0) is 20.0. The number of carbonyl (C=O) groups excluding carboxylic acids is 1. The molecular formula is C15H11ClN4O6S. The average Bonchev–Trinajstić information content (AvgIpc) is 2.62. The molecule has 140 valence electrons. The molecule has 0 aromatic heterocycles. The maximum absolute atomic E-state index is 11.8. The fourth-order valence-electron chi connectivity index (χ4n) is 1.85. The van der Waals surface area contributed by atoms with Crippen molar-refractivity contribution in [1.82, 2.24) is 5.43 Å². The van der Waals surface area contributed by atoms with Crippen molar-refractivity contribution < 1.29 is 19.7 Å². The molecule has 0 saturated heterocycles. The number of rotatable bonds is 7. The molecule has 0 radical (unpaired) electrons. The Labute approximate surface area is 161 Å². The highest BCUT2D eigenvalue weighted by Crippen LogP contribution is 2.33. The number of nitrogens with zero attached hydrogens (tertiary/aromatic N) is 3. The van der Waals surface area contributed by atoms with E-state index < -0.39 is 32.9 Å². The van der Waals surface area contributed by atoms with Crippen LogP contribution in [-0.2, 0) is 4.79 Å². The summed E-state index contributed by atoms with van der Waals surface area (Å²) in [6.07, 6.45) is 0.889. The van der Waals surface area contributed by atoms with Crippen LogP contribution in [0, 0.1) is 20.2 Å². The highest BCUT2D eigenvalue weighted by molar-refractivity contribution is 8.00. The Morgan fingerprint density at radius 3 is 2.48 bits per heavy atom. The van der Waals surface area contributed by atoms with E-state index in [4.69, 9.17) is 11.6 Å². The molecule has 0 atom stereocenters. The molecule has 0 saturated carbocycles. The van der Waals surface area contributed by atoms with Crippen LogP contribution in [0.15, 0.2) is 46.4 Å². The Hall–Kier alpha value is -3.18. The third-order valence-corrected chi connectivity index (χ3v) is 4.35. The molecule has 0 bridgehead atoms. The Morgan fingerprint density at radius 2 is 1.89 bits per heavy atom. The molecule has 27 heavy (non-hydrogen) atoms. The van der Waals surface area contributed by atoms with E-state index in [2.05, 4.69) is 10.5 Å². The first-order valence-corrected chi connectivity index (χ1v) is 8.50. The number of aromatic hydroxyl groups is 1. The minimum atomic E-state index is -0.957. The van der Waals surface area contributed by atoms with E-state index in [-0.39, 0.29) is 11.3 Å². The monoisotopic (exact) mass is 410 g/mol. The lowest BCUT2D eigenvalue weighted by molar-refractivity contribution is -0.394. The van der Waals surface area contributed by atoms with E-state index in [9.17, 15) is 30.1 Å². The van der Waals surface area contributed by atoms with Gasteiger partial charge in [0, 0.05) is 16.0 Å². The van der Waals surface area contributed by atoms with Gasteiger partial charge in [0.15, 0.2) is 0 Å². The number of halogens is 1. The van der Waals surface area contributed by atoms with Gasteiger partial charge in [-0.15, -0.1) is 11.8 Å². The van der Waals surface area contributed by atoms with Crippen molar-refractivity contribution in [2.24, 2.45) is 5.10 Å². The smallest absolute Gasteiger partial charge is 0.318 e. The van der Waals surface area contributed by atoms with Crippen LogP contribution in [0.1, 0.15) is 5.56 Å². The summed E-state index contributed by atoms with van der Waals surface area (Å²) in [5, 5.41) is 35.7. The number of hydrogen-bond acceptors (Lipinski definition) is 8. The number of nitro benzene ring substituents is 2. The maximum Gasteiger partial charge on any atom is 0.318 e. The minimum Gasteiger partial charge on any atom is -0.502 e. The summed E-state index contributed by atoms with van der Waals surface area (Å²) in [7, 11) is 0. The number of amides is 1. The third kappa shape index (κ3) is 5.66. The van der Waals surface area contributed by atoms with E-state index in [1.54, 1.807) is 24.3 Å². The molecule has 10 nitrogen and oxygen atoms in total. The number of thioether (sulfide) groups is 1. The third-order valence-electron chi connectivity index (χ3n) is 3.09. The van der Waals surface area contributed by atoms with Gasteiger partial charge in [-0.25, -0.2) is 5.43 Å². The van der Waals surface area contributed by atoms with E-state index in [0.717, 1.165) is 17.2 Å². The maximum atomic E-state index is 11.8. The highest BCUT2D eigenvalue weighted by Gasteiger charge is 2.23. The number of hydrogen-bond donors (Lipinski definition) is 2. The first kappa shape index (κ1) is 20.1. The molecule has 0 fully saturated rings. The number of phenolic OH excluding ortho intramolecular Hbond substituents is 1. The van der Waals surface area contributed by atoms with Crippen molar-refractivity contribution in [2.75, 3.05) is 5.75 Å². The molecule has 2 rings (SSSR count). The molecule has 0 heterocycles. The highest BCUT2D eigenvalue weighted by atomic mass is 35.5. The lowest BCUT2D eigenvalue weighted by Crippen LogP contribution is -2.19. The van der Waals surface area contributed by atoms with Crippen molar-refractivity contribution in [1.29, 1.82) is 0 Å². The Balaban J connectivity index is 2.04. The van der Waals surface area contributed by atoms with Gasteiger partial charge in [0.05, 0.1) is 33.4 Å². The van der Waals surface area contributed by atoms with Crippen LogP contribution in [0.4, 0.5) is 11.4 Å². The van der Waals surface area contributed by atoms with E-state index in [1.807, 2.05) is 0 Å². The van der Waals surface area contributed by atoms with Gasteiger partial charge in [0.1, 0.15) is 0 Å². The second-order valence-electron chi connectivity index (χ2n) is 4.95. The topological polar surface area (TPSA) is 148 Å². The summed E-state index contributed by atoms with van der Waals surface area (Å²) in [6, 6.07) is 8.37. The number of non-ortho nitro benzene ring substituents is 1. The zero-order valence-corrected chi connectivity index (χ0v) is 14.9. The summed E-state index contributed by atoms with van der Waals surface area (Å²) in [5.41, 5.74) is 0.464. The summed E-state index contributed by atoms with van der Waals surface area (Å²) in [6.45, 7) is 0. The van der Waals surface area contributed by atoms with Crippen molar-refractivity contribution in [3.63, 3.8) is 0 Å². The standard InChI is InChI=1S/C15H11ClN4O6S/c16-10-1-3-12(4-2-10)27-8-14(21)18-17-7-9-5-11(19(23)24)6-13(15(9)22)20(25)26/h1-7,22H,8H2,(H,18,21)/b17-7-. The fourth-order valence-corrected chi connectivity index (χ4v) is 2.67. The van der Waals surface area contributed by atoms with Crippen LogP contribution < -0.4 is 5.43 Å². The van der Waals surface area contributed by atoms with Crippen LogP contribution in [0.3, 0.4) is 0 Å². The SMILES string of the molecule is O=C(CSc1ccc(Cl)cc1)N/N=C\c1cc([N+](=O)[O-])cc([N+](=O)[O-])c1O. The predicted molar refractivity (Wildman–Crippen MR) is 99.3 cm³/mol. The van der Waals surface area contributed by atoms with Crippen molar-refractivity contribution in [3.05, 3.63) is 67.2 Å². The number of hydrazone groups is 1. The van der Waals surface area contributed by atoms with E-state index >= 15 is 0 Å². The van der Waals surface area contributed by atoms with Crippen molar-refractivity contribution in [3.8, 4) is 5.75 Å². The van der Waals surface area contributed by atoms with Gasteiger partial charge < -0.3 is 5.11 Å². The van der Waals surface area contributed by atoms with Gasteiger partial charge >= 0.3 is 5.69 Å². The fraction of sp³-hybridized carbons (Fsp3) is 0.0667. The number of phenols is 1. The largest absolute Gasteiger partial charge is 0.502 e. The summed E-state index contributed by atoms with van der Waals surface area (Å²) < 4.78 is 0. The van der Waals surface area contributed by atoms with E-state index in [1.165, 1.54) is 11.8 Å². The second-order valence-corrected chi connectivity index (χ2v) is 6.44. The normalized spacial score (nSPS) is 10.7. The first-order valence-electron chi connectivity index (χ1n) is 7.14. The molecule has 1 amide bonds. The summed E-state index contributed by atoms with van der Waals surface area (Å²) >= 11 is 6.99. The quantitative estimate of drug-likeness (QED) is 0.308.